The number of aliphatic hydroxyl groups is 1. The second-order valence-corrected chi connectivity index (χ2v) is 4.19. The number of rotatable bonds is 3. The monoisotopic (exact) mass is 171 g/mol. The van der Waals surface area contributed by atoms with Gasteiger partial charge in [0.05, 0.1) is 5.60 Å². The van der Waals surface area contributed by atoms with Crippen molar-refractivity contribution >= 4 is 0 Å². The number of nitrogens with one attached hydrogen (secondary N) is 1. The first kappa shape index (κ1) is 10.0. The minimum Gasteiger partial charge on any atom is -0.390 e. The maximum Gasteiger partial charge on any atom is 0.0648 e. The van der Waals surface area contributed by atoms with E-state index in [9.17, 15) is 5.11 Å². The van der Waals surface area contributed by atoms with Gasteiger partial charge in [0.2, 0.25) is 0 Å². The Morgan fingerprint density at radius 1 is 1.50 bits per heavy atom. The van der Waals surface area contributed by atoms with Gasteiger partial charge in [0.1, 0.15) is 0 Å². The molecule has 0 bridgehead atoms. The van der Waals surface area contributed by atoms with Crippen LogP contribution in [-0.2, 0) is 0 Å². The first-order valence-corrected chi connectivity index (χ1v) is 5.04. The predicted molar refractivity (Wildman–Crippen MR) is 51.1 cm³/mol. The molecule has 1 saturated carbocycles. The van der Waals surface area contributed by atoms with Crippen molar-refractivity contribution in [3.8, 4) is 0 Å². The fourth-order valence-electron chi connectivity index (χ4n) is 2.16. The van der Waals surface area contributed by atoms with E-state index in [0.29, 0.717) is 5.92 Å². The van der Waals surface area contributed by atoms with E-state index in [1.165, 1.54) is 19.3 Å². The lowest BCUT2D eigenvalue weighted by Crippen LogP contribution is -2.38. The molecule has 0 spiro atoms. The molecule has 1 aliphatic carbocycles. The van der Waals surface area contributed by atoms with E-state index >= 15 is 0 Å². The molecule has 0 aromatic carbocycles. The SMILES string of the molecule is CNCCC1CCCCC1(C)O. The molecule has 0 aromatic heterocycles. The van der Waals surface area contributed by atoms with E-state index in [1.807, 2.05) is 14.0 Å². The topological polar surface area (TPSA) is 32.3 Å². The lowest BCUT2D eigenvalue weighted by molar-refractivity contribution is -0.0344. The van der Waals surface area contributed by atoms with Crippen molar-refractivity contribution in [3.63, 3.8) is 0 Å². The van der Waals surface area contributed by atoms with E-state index in [0.717, 1.165) is 19.4 Å². The Labute approximate surface area is 75.4 Å². The van der Waals surface area contributed by atoms with Gasteiger partial charge in [-0.3, -0.25) is 0 Å². The second-order valence-electron chi connectivity index (χ2n) is 4.19. The van der Waals surface area contributed by atoms with Gasteiger partial charge < -0.3 is 10.4 Å². The Morgan fingerprint density at radius 3 is 2.83 bits per heavy atom. The summed E-state index contributed by atoms with van der Waals surface area (Å²) in [5.41, 5.74) is -0.394. The molecular weight excluding hydrogens is 150 g/mol. The van der Waals surface area contributed by atoms with Gasteiger partial charge in [-0.2, -0.15) is 0 Å². The first-order chi connectivity index (χ1) is 5.67. The standard InChI is InChI=1S/C10H21NO/c1-10(12)7-4-3-5-9(10)6-8-11-2/h9,11-12H,3-8H2,1-2H3. The molecule has 1 aliphatic rings. The zero-order valence-electron chi connectivity index (χ0n) is 8.27. The van der Waals surface area contributed by atoms with Gasteiger partial charge in [0, 0.05) is 0 Å². The van der Waals surface area contributed by atoms with E-state index in [4.69, 9.17) is 0 Å². The zero-order valence-corrected chi connectivity index (χ0v) is 8.27. The smallest absolute Gasteiger partial charge is 0.0648 e. The van der Waals surface area contributed by atoms with E-state index in [-0.39, 0.29) is 0 Å². The van der Waals surface area contributed by atoms with Crippen molar-refractivity contribution in [3.05, 3.63) is 0 Å². The molecule has 0 saturated heterocycles. The second kappa shape index (κ2) is 4.24. The summed E-state index contributed by atoms with van der Waals surface area (Å²) in [7, 11) is 1.97. The molecular formula is C10H21NO. The van der Waals surface area contributed by atoms with E-state index in [1.54, 1.807) is 0 Å². The molecule has 1 fully saturated rings. The summed E-state index contributed by atoms with van der Waals surface area (Å²) in [6.07, 6.45) is 5.80. The minimum atomic E-state index is -0.394. The molecule has 72 valence electrons. The Bertz CT molecular complexity index is 134. The highest BCUT2D eigenvalue weighted by Crippen LogP contribution is 2.35. The summed E-state index contributed by atoms with van der Waals surface area (Å²) < 4.78 is 0. The predicted octanol–water partition coefficient (Wildman–Crippen LogP) is 1.54. The van der Waals surface area contributed by atoms with Crippen LogP contribution in [0.4, 0.5) is 0 Å². The van der Waals surface area contributed by atoms with Crippen molar-refractivity contribution in [1.82, 2.24) is 5.32 Å². The molecule has 2 atom stereocenters. The zero-order chi connectivity index (χ0) is 9.03. The lowest BCUT2D eigenvalue weighted by Gasteiger charge is -2.37. The van der Waals surface area contributed by atoms with Crippen LogP contribution in [0.25, 0.3) is 0 Å². The van der Waals surface area contributed by atoms with Crippen LogP contribution in [-0.4, -0.2) is 24.3 Å². The summed E-state index contributed by atoms with van der Waals surface area (Å²) in [6.45, 7) is 3.02. The molecule has 2 N–H and O–H groups in total. The summed E-state index contributed by atoms with van der Waals surface area (Å²) in [5.74, 6) is 0.513. The molecule has 0 radical (unpaired) electrons. The average molecular weight is 171 g/mol. The third-order valence-electron chi connectivity index (χ3n) is 3.11. The van der Waals surface area contributed by atoms with Gasteiger partial charge in [-0.25, -0.2) is 0 Å². The summed E-state index contributed by atoms with van der Waals surface area (Å²) in [6, 6.07) is 0. The fourth-order valence-corrected chi connectivity index (χ4v) is 2.16. The third kappa shape index (κ3) is 2.46. The molecule has 2 heteroatoms. The van der Waals surface area contributed by atoms with E-state index < -0.39 is 5.60 Å². The van der Waals surface area contributed by atoms with Gasteiger partial charge in [-0.05, 0) is 45.7 Å². The summed E-state index contributed by atoms with van der Waals surface area (Å²) in [4.78, 5) is 0. The number of hydrogen-bond donors (Lipinski definition) is 2. The Balaban J connectivity index is 2.37. The van der Waals surface area contributed by atoms with E-state index in [2.05, 4.69) is 5.32 Å². The quantitative estimate of drug-likeness (QED) is 0.675. The van der Waals surface area contributed by atoms with Gasteiger partial charge >= 0.3 is 0 Å². The van der Waals surface area contributed by atoms with Crippen molar-refractivity contribution in [2.24, 2.45) is 5.92 Å². The van der Waals surface area contributed by atoms with Crippen LogP contribution in [0.15, 0.2) is 0 Å². The highest BCUT2D eigenvalue weighted by atomic mass is 16.3. The van der Waals surface area contributed by atoms with Crippen molar-refractivity contribution in [1.29, 1.82) is 0 Å². The first-order valence-electron chi connectivity index (χ1n) is 5.04. The van der Waals surface area contributed by atoms with Crippen LogP contribution in [0, 0.1) is 5.92 Å². The molecule has 2 unspecified atom stereocenters. The normalized spacial score (nSPS) is 36.8. The highest BCUT2D eigenvalue weighted by Gasteiger charge is 2.33. The lowest BCUT2D eigenvalue weighted by atomic mass is 9.75. The van der Waals surface area contributed by atoms with Gasteiger partial charge in [0.25, 0.3) is 0 Å². The van der Waals surface area contributed by atoms with Crippen LogP contribution >= 0.6 is 0 Å². The highest BCUT2D eigenvalue weighted by molar-refractivity contribution is 4.85. The molecule has 0 heterocycles. The van der Waals surface area contributed by atoms with Crippen molar-refractivity contribution in [2.45, 2.75) is 44.6 Å². The van der Waals surface area contributed by atoms with Crippen LogP contribution < -0.4 is 5.32 Å². The largest absolute Gasteiger partial charge is 0.390 e. The Morgan fingerprint density at radius 2 is 2.25 bits per heavy atom. The molecule has 1 rings (SSSR count). The van der Waals surface area contributed by atoms with Crippen LogP contribution in [0.1, 0.15) is 39.0 Å². The van der Waals surface area contributed by atoms with Crippen molar-refractivity contribution < 1.29 is 5.11 Å². The minimum absolute atomic E-state index is 0.394. The number of hydrogen-bond acceptors (Lipinski definition) is 2. The van der Waals surface area contributed by atoms with Gasteiger partial charge in [0.15, 0.2) is 0 Å². The summed E-state index contributed by atoms with van der Waals surface area (Å²) in [5, 5.41) is 13.2. The molecule has 0 aromatic rings. The van der Waals surface area contributed by atoms with Gasteiger partial charge in [-0.15, -0.1) is 0 Å². The Kier molecular flexibility index (Phi) is 3.53. The van der Waals surface area contributed by atoms with Crippen molar-refractivity contribution in [2.75, 3.05) is 13.6 Å². The van der Waals surface area contributed by atoms with Crippen LogP contribution in [0.2, 0.25) is 0 Å². The van der Waals surface area contributed by atoms with Gasteiger partial charge in [-0.1, -0.05) is 12.8 Å². The molecule has 2 nitrogen and oxygen atoms in total. The third-order valence-corrected chi connectivity index (χ3v) is 3.11. The fraction of sp³-hybridized carbons (Fsp3) is 1.00. The average Bonchev–Trinajstić information content (AvgIpc) is 2.02. The maximum absolute atomic E-state index is 10.0. The van der Waals surface area contributed by atoms with Crippen LogP contribution in [0.3, 0.4) is 0 Å². The molecule has 0 aliphatic heterocycles. The molecule has 12 heavy (non-hydrogen) atoms. The van der Waals surface area contributed by atoms with Crippen LogP contribution in [0.5, 0.6) is 0 Å². The molecule has 0 amide bonds. The summed E-state index contributed by atoms with van der Waals surface area (Å²) >= 11 is 0. The Hall–Kier alpha value is -0.0800. The maximum atomic E-state index is 10.0.